The van der Waals surface area contributed by atoms with E-state index in [0.29, 0.717) is 16.4 Å². The highest BCUT2D eigenvalue weighted by atomic mass is 35.5. The zero-order chi connectivity index (χ0) is 17.3. The van der Waals surface area contributed by atoms with Gasteiger partial charge in [0.05, 0.1) is 18.1 Å². The molecule has 0 aromatic heterocycles. The summed E-state index contributed by atoms with van der Waals surface area (Å²) in [5.41, 5.74) is 0.990. The average Bonchev–Trinajstić information content (AvgIpc) is 2.83. The molecule has 1 unspecified atom stereocenters. The molecular formula is C17H12ClN2O4-. The molecule has 3 rings (SSSR count). The van der Waals surface area contributed by atoms with Crippen LogP contribution >= 0.6 is 11.6 Å². The van der Waals surface area contributed by atoms with E-state index in [0.717, 1.165) is 4.90 Å². The fraction of sp³-hybridized carbons (Fsp3) is 0.118. The second-order valence-corrected chi connectivity index (χ2v) is 5.75. The van der Waals surface area contributed by atoms with Crippen LogP contribution in [0.2, 0.25) is 5.02 Å². The lowest BCUT2D eigenvalue weighted by molar-refractivity contribution is -0.255. The molecule has 0 spiro atoms. The summed E-state index contributed by atoms with van der Waals surface area (Å²) in [6, 6.07) is 11.5. The van der Waals surface area contributed by atoms with Crippen LogP contribution in [0.25, 0.3) is 0 Å². The summed E-state index contributed by atoms with van der Waals surface area (Å²) in [5, 5.41) is 14.3. The summed E-state index contributed by atoms with van der Waals surface area (Å²) < 4.78 is 0. The molecule has 0 saturated carbocycles. The van der Waals surface area contributed by atoms with Crippen LogP contribution in [0.3, 0.4) is 0 Å². The summed E-state index contributed by atoms with van der Waals surface area (Å²) in [6.45, 7) is 0. The summed E-state index contributed by atoms with van der Waals surface area (Å²) >= 11 is 5.82. The zero-order valence-electron chi connectivity index (χ0n) is 12.4. The number of hydrogen-bond acceptors (Lipinski definition) is 5. The standard InChI is InChI=1S/C17H13ClN2O4/c18-11-3-5-12(6-4-11)19-14-9-15(21)20(16(14)22)13-7-1-10(2-8-13)17(23)24/h1-8,14,19H,9H2,(H,23,24)/p-1. The van der Waals surface area contributed by atoms with E-state index in [9.17, 15) is 19.5 Å². The Morgan fingerprint density at radius 1 is 1.08 bits per heavy atom. The lowest BCUT2D eigenvalue weighted by atomic mass is 10.2. The number of carbonyl (C=O) groups is 3. The highest BCUT2D eigenvalue weighted by Crippen LogP contribution is 2.25. The number of nitrogens with zero attached hydrogens (tertiary/aromatic N) is 1. The van der Waals surface area contributed by atoms with Crippen LogP contribution in [0.5, 0.6) is 0 Å². The molecule has 1 N–H and O–H groups in total. The zero-order valence-corrected chi connectivity index (χ0v) is 13.1. The van der Waals surface area contributed by atoms with Gasteiger partial charge in [0, 0.05) is 10.7 Å². The van der Waals surface area contributed by atoms with Gasteiger partial charge in [0.2, 0.25) is 5.91 Å². The Morgan fingerprint density at radius 2 is 1.71 bits per heavy atom. The Balaban J connectivity index is 1.78. The largest absolute Gasteiger partial charge is 0.545 e. The van der Waals surface area contributed by atoms with E-state index in [1.165, 1.54) is 24.3 Å². The molecule has 0 aliphatic carbocycles. The minimum atomic E-state index is -1.32. The first kappa shape index (κ1) is 16.0. The average molecular weight is 344 g/mol. The normalized spacial score (nSPS) is 17.2. The van der Waals surface area contributed by atoms with Crippen LogP contribution in [0.4, 0.5) is 11.4 Å². The molecule has 1 aliphatic rings. The first-order chi connectivity index (χ1) is 11.5. The minimum absolute atomic E-state index is 0.0176. The van der Waals surface area contributed by atoms with Gasteiger partial charge in [0.25, 0.3) is 5.91 Å². The van der Waals surface area contributed by atoms with E-state index in [-0.39, 0.29) is 17.9 Å². The molecule has 1 heterocycles. The van der Waals surface area contributed by atoms with Crippen molar-refractivity contribution in [3.8, 4) is 0 Å². The molecule has 2 aromatic rings. The minimum Gasteiger partial charge on any atom is -0.545 e. The summed E-state index contributed by atoms with van der Waals surface area (Å²) in [4.78, 5) is 36.5. The van der Waals surface area contributed by atoms with Crippen LogP contribution in [0, 0.1) is 0 Å². The van der Waals surface area contributed by atoms with E-state index in [1.807, 2.05) is 0 Å². The van der Waals surface area contributed by atoms with Crippen molar-refractivity contribution in [3.05, 3.63) is 59.1 Å². The van der Waals surface area contributed by atoms with Gasteiger partial charge in [-0.1, -0.05) is 23.7 Å². The number of carbonyl (C=O) groups excluding carboxylic acids is 3. The van der Waals surface area contributed by atoms with Gasteiger partial charge in [0.15, 0.2) is 0 Å². The summed E-state index contributed by atoms with van der Waals surface area (Å²) in [5.74, 6) is -2.06. The topological polar surface area (TPSA) is 89.5 Å². The third kappa shape index (κ3) is 3.09. The molecule has 2 aromatic carbocycles. The Bertz CT molecular complexity index is 802. The van der Waals surface area contributed by atoms with Gasteiger partial charge in [-0.05, 0) is 42.0 Å². The smallest absolute Gasteiger partial charge is 0.256 e. The Kier molecular flexibility index (Phi) is 4.22. The molecule has 1 fully saturated rings. The van der Waals surface area contributed by atoms with E-state index in [1.54, 1.807) is 24.3 Å². The van der Waals surface area contributed by atoms with Crippen LogP contribution < -0.4 is 15.3 Å². The molecule has 0 radical (unpaired) electrons. The van der Waals surface area contributed by atoms with Gasteiger partial charge in [-0.15, -0.1) is 0 Å². The summed E-state index contributed by atoms with van der Waals surface area (Å²) in [7, 11) is 0. The molecule has 7 heteroatoms. The molecular weight excluding hydrogens is 332 g/mol. The first-order valence-corrected chi connectivity index (χ1v) is 7.54. The number of amides is 2. The van der Waals surface area contributed by atoms with Crippen molar-refractivity contribution in [2.45, 2.75) is 12.5 Å². The number of halogens is 1. The molecule has 24 heavy (non-hydrogen) atoms. The Morgan fingerprint density at radius 3 is 2.29 bits per heavy atom. The van der Waals surface area contributed by atoms with Crippen LogP contribution in [-0.4, -0.2) is 23.8 Å². The molecule has 122 valence electrons. The van der Waals surface area contributed by atoms with Gasteiger partial charge < -0.3 is 15.2 Å². The number of nitrogens with one attached hydrogen (secondary N) is 1. The van der Waals surface area contributed by atoms with Crippen LogP contribution in [0.15, 0.2) is 48.5 Å². The number of carboxylic acid groups (broad SMARTS) is 1. The van der Waals surface area contributed by atoms with Crippen molar-refractivity contribution in [1.82, 2.24) is 0 Å². The Labute approximate surface area is 142 Å². The van der Waals surface area contributed by atoms with Crippen molar-refractivity contribution < 1.29 is 19.5 Å². The number of rotatable bonds is 4. The molecule has 6 nitrogen and oxygen atoms in total. The number of aromatic carboxylic acids is 1. The highest BCUT2D eigenvalue weighted by Gasteiger charge is 2.39. The maximum absolute atomic E-state index is 12.5. The molecule has 0 bridgehead atoms. The quantitative estimate of drug-likeness (QED) is 0.849. The van der Waals surface area contributed by atoms with Gasteiger partial charge in [0.1, 0.15) is 6.04 Å². The monoisotopic (exact) mass is 343 g/mol. The van der Waals surface area contributed by atoms with E-state index in [2.05, 4.69) is 5.32 Å². The van der Waals surface area contributed by atoms with Crippen molar-refractivity contribution in [3.63, 3.8) is 0 Å². The second kappa shape index (κ2) is 6.33. The van der Waals surface area contributed by atoms with E-state index < -0.39 is 17.9 Å². The van der Waals surface area contributed by atoms with Crippen LogP contribution in [-0.2, 0) is 9.59 Å². The van der Waals surface area contributed by atoms with Crippen molar-refractivity contribution >= 4 is 40.8 Å². The maximum atomic E-state index is 12.5. The first-order valence-electron chi connectivity index (χ1n) is 7.16. The number of carboxylic acids is 1. The van der Waals surface area contributed by atoms with Gasteiger partial charge >= 0.3 is 0 Å². The molecule has 1 aliphatic heterocycles. The van der Waals surface area contributed by atoms with Gasteiger partial charge in [-0.2, -0.15) is 0 Å². The number of anilines is 2. The summed E-state index contributed by atoms with van der Waals surface area (Å²) in [6.07, 6.45) is 0.0176. The highest BCUT2D eigenvalue weighted by molar-refractivity contribution is 6.30. The fourth-order valence-corrected chi connectivity index (χ4v) is 2.64. The molecule has 2 amide bonds. The third-order valence-corrected chi connectivity index (χ3v) is 3.94. The van der Waals surface area contributed by atoms with Crippen LogP contribution in [0.1, 0.15) is 16.8 Å². The van der Waals surface area contributed by atoms with Crippen molar-refractivity contribution in [2.24, 2.45) is 0 Å². The number of hydrogen-bond donors (Lipinski definition) is 1. The number of benzene rings is 2. The van der Waals surface area contributed by atoms with Crippen molar-refractivity contribution in [1.29, 1.82) is 0 Å². The lowest BCUT2D eigenvalue weighted by Gasteiger charge is -2.16. The van der Waals surface area contributed by atoms with E-state index in [4.69, 9.17) is 11.6 Å². The number of imide groups is 1. The van der Waals surface area contributed by atoms with Crippen molar-refractivity contribution in [2.75, 3.05) is 10.2 Å². The third-order valence-electron chi connectivity index (χ3n) is 3.69. The van der Waals surface area contributed by atoms with Gasteiger partial charge in [-0.3, -0.25) is 9.59 Å². The fourth-order valence-electron chi connectivity index (χ4n) is 2.51. The maximum Gasteiger partial charge on any atom is 0.256 e. The Hall–Kier alpha value is -2.86. The van der Waals surface area contributed by atoms with E-state index >= 15 is 0 Å². The second-order valence-electron chi connectivity index (χ2n) is 5.31. The predicted octanol–water partition coefficient (Wildman–Crippen LogP) is 1.45. The molecule has 1 saturated heterocycles. The molecule has 1 atom stereocenters. The lowest BCUT2D eigenvalue weighted by Crippen LogP contribution is -2.34. The SMILES string of the molecule is O=C([O-])c1ccc(N2C(=O)CC(Nc3ccc(Cl)cc3)C2=O)cc1. The predicted molar refractivity (Wildman–Crippen MR) is 86.7 cm³/mol. The van der Waals surface area contributed by atoms with Gasteiger partial charge in [-0.25, -0.2) is 4.90 Å².